The summed E-state index contributed by atoms with van der Waals surface area (Å²) >= 11 is 0. The van der Waals surface area contributed by atoms with Crippen LogP contribution in [-0.2, 0) is 0 Å². The van der Waals surface area contributed by atoms with Gasteiger partial charge in [0, 0.05) is 26.6 Å². The Labute approximate surface area is 237 Å². The first-order chi connectivity index (χ1) is 19.7. The summed E-state index contributed by atoms with van der Waals surface area (Å²) in [7, 11) is 0. The number of hydrogen-bond donors (Lipinski definition) is 0. The Hall–Kier alpha value is -3.39. The highest BCUT2D eigenvalue weighted by Gasteiger charge is 2.29. The van der Waals surface area contributed by atoms with E-state index in [0.717, 1.165) is 86.7 Å². The van der Waals surface area contributed by atoms with Crippen molar-refractivity contribution in [2.75, 3.05) is 0 Å². The molecule has 2 aromatic heterocycles. The van der Waals surface area contributed by atoms with Gasteiger partial charge in [0.05, 0.1) is 5.69 Å². The molecule has 39 heavy (non-hydrogen) atoms. The number of para-hydroxylation sites is 2. The van der Waals surface area contributed by atoms with Crippen LogP contribution < -0.4 is 0 Å². The molecule has 1 aliphatic rings. The molecule has 2 heteroatoms. The molecule has 0 N–H and O–H groups in total. The first kappa shape index (κ1) is 22.4. The maximum atomic E-state index is 9.54. The Morgan fingerprint density at radius 1 is 0.872 bits per heavy atom. The van der Waals surface area contributed by atoms with Crippen LogP contribution in [0.2, 0.25) is 0 Å². The number of furan rings is 1. The summed E-state index contributed by atoms with van der Waals surface area (Å²) in [4.78, 5) is 4.77. The Morgan fingerprint density at radius 2 is 1.54 bits per heavy atom. The molecular formula is C37H41NO. The van der Waals surface area contributed by atoms with Gasteiger partial charge in [0.1, 0.15) is 11.2 Å². The zero-order valence-electron chi connectivity index (χ0n) is 27.1. The molecule has 0 radical (unpaired) electrons. The zero-order valence-corrected chi connectivity index (χ0v) is 24.1. The van der Waals surface area contributed by atoms with Gasteiger partial charge in [-0.1, -0.05) is 84.0 Å². The molecule has 6 rings (SSSR count). The van der Waals surface area contributed by atoms with Crippen LogP contribution in [0.15, 0.2) is 77.3 Å². The molecule has 1 fully saturated rings. The lowest BCUT2D eigenvalue weighted by Gasteiger charge is -2.35. The van der Waals surface area contributed by atoms with Crippen LogP contribution in [0.5, 0.6) is 0 Å². The second-order valence-corrected chi connectivity index (χ2v) is 12.4. The largest absolute Gasteiger partial charge is 0.455 e. The molecule has 3 aromatic carbocycles. The molecule has 0 spiro atoms. The molecule has 1 aliphatic carbocycles. The topological polar surface area (TPSA) is 26.0 Å². The standard InChI is InChI=1S/C37H41NO/c1-23(2)31-20-27(25-14-17-37(5,6)18-15-25)21-32(24(3)4)35(31)26-16-19-38-33(22-26)30-12-9-11-29-28-10-7-8-13-34(28)39-36(29)30/h7-13,16,19-25H,14-15,17-18H2,1-6H3/i23D,24D,25D. The fourth-order valence-corrected chi connectivity index (χ4v) is 6.15. The molecule has 0 unspecified atom stereocenters. The van der Waals surface area contributed by atoms with Gasteiger partial charge in [0.25, 0.3) is 0 Å². The summed E-state index contributed by atoms with van der Waals surface area (Å²) in [5, 5.41) is 2.13. The second kappa shape index (κ2) is 9.97. The number of nitrogens with zero attached hydrogens (tertiary/aromatic N) is 1. The molecular weight excluding hydrogens is 474 g/mol. The van der Waals surface area contributed by atoms with E-state index in [9.17, 15) is 4.11 Å². The third kappa shape index (κ3) is 4.80. The second-order valence-electron chi connectivity index (χ2n) is 12.4. The minimum Gasteiger partial charge on any atom is -0.455 e. The zero-order chi connectivity index (χ0) is 30.1. The van der Waals surface area contributed by atoms with E-state index >= 15 is 0 Å². The molecule has 2 nitrogen and oxygen atoms in total. The summed E-state index contributed by atoms with van der Waals surface area (Å²) in [5.74, 6) is -2.58. The van der Waals surface area contributed by atoms with Crippen LogP contribution in [0.3, 0.4) is 0 Å². The van der Waals surface area contributed by atoms with E-state index in [1.54, 1.807) is 0 Å². The third-order valence-electron chi connectivity index (χ3n) is 8.56. The molecule has 1 saturated carbocycles. The van der Waals surface area contributed by atoms with Crippen LogP contribution in [-0.4, -0.2) is 4.98 Å². The van der Waals surface area contributed by atoms with E-state index in [2.05, 4.69) is 44.2 Å². The average molecular weight is 519 g/mol. The van der Waals surface area contributed by atoms with Gasteiger partial charge in [-0.2, -0.15) is 0 Å². The summed E-state index contributed by atoms with van der Waals surface area (Å²) in [6.07, 6.45) is 5.39. The maximum absolute atomic E-state index is 9.54. The van der Waals surface area contributed by atoms with E-state index in [4.69, 9.17) is 9.40 Å². The molecule has 0 amide bonds. The van der Waals surface area contributed by atoms with Crippen molar-refractivity contribution in [3.8, 4) is 22.4 Å². The van der Waals surface area contributed by atoms with Crippen LogP contribution in [0.1, 0.15) is 106 Å². The SMILES string of the molecule is [2H]C(C)(C)c1cc(C2([2H])CCC(C)(C)CC2)cc(C([2H])(C)C)c1-c1ccnc(-c2cccc3c2oc2ccccc23)c1. The molecule has 0 atom stereocenters. The molecule has 0 aliphatic heterocycles. The number of hydrogen-bond acceptors (Lipinski definition) is 2. The van der Waals surface area contributed by atoms with Crippen molar-refractivity contribution < 1.29 is 8.53 Å². The van der Waals surface area contributed by atoms with Crippen molar-refractivity contribution >= 4 is 21.9 Å². The Bertz CT molecular complexity index is 1760. The fraction of sp³-hybridized carbons (Fsp3) is 0.378. The Kier molecular flexibility index (Phi) is 5.74. The van der Waals surface area contributed by atoms with E-state index < -0.39 is 17.7 Å². The minimum absolute atomic E-state index is 0.246. The summed E-state index contributed by atoms with van der Waals surface area (Å²) in [6.45, 7) is 12.2. The lowest BCUT2D eigenvalue weighted by atomic mass is 9.70. The van der Waals surface area contributed by atoms with E-state index in [0.29, 0.717) is 0 Å². The predicted octanol–water partition coefficient (Wildman–Crippen LogP) is 11.2. The van der Waals surface area contributed by atoms with Crippen LogP contribution in [0.25, 0.3) is 44.3 Å². The highest BCUT2D eigenvalue weighted by atomic mass is 16.3. The maximum Gasteiger partial charge on any atom is 0.144 e. The Morgan fingerprint density at radius 3 is 2.23 bits per heavy atom. The molecule has 5 aromatic rings. The fourth-order valence-electron chi connectivity index (χ4n) is 6.15. The van der Waals surface area contributed by atoms with Crippen molar-refractivity contribution in [3.05, 3.63) is 89.6 Å². The first-order valence-corrected chi connectivity index (χ1v) is 14.2. The number of pyridine rings is 1. The monoisotopic (exact) mass is 518 g/mol. The van der Waals surface area contributed by atoms with E-state index in [1.807, 2.05) is 70.3 Å². The van der Waals surface area contributed by atoms with Gasteiger partial charge < -0.3 is 4.42 Å². The number of fused-ring (bicyclic) bond motifs is 3. The van der Waals surface area contributed by atoms with Crippen LogP contribution >= 0.6 is 0 Å². The quantitative estimate of drug-likeness (QED) is 0.231. The van der Waals surface area contributed by atoms with Gasteiger partial charge in [-0.3, -0.25) is 4.98 Å². The van der Waals surface area contributed by atoms with Crippen molar-refractivity contribution in [2.45, 2.75) is 84.9 Å². The highest BCUT2D eigenvalue weighted by molar-refractivity contribution is 6.09. The van der Waals surface area contributed by atoms with E-state index in [1.165, 1.54) is 0 Å². The smallest absolute Gasteiger partial charge is 0.144 e. The number of aromatic nitrogens is 1. The van der Waals surface area contributed by atoms with Crippen molar-refractivity contribution in [3.63, 3.8) is 0 Å². The third-order valence-corrected chi connectivity index (χ3v) is 8.56. The lowest BCUT2D eigenvalue weighted by molar-refractivity contribution is 0.224. The molecule has 2 heterocycles. The number of benzene rings is 3. The molecule has 0 saturated heterocycles. The average Bonchev–Trinajstić information content (AvgIpc) is 3.32. The van der Waals surface area contributed by atoms with Crippen molar-refractivity contribution in [2.24, 2.45) is 5.41 Å². The lowest BCUT2D eigenvalue weighted by Crippen LogP contribution is -2.20. The minimum atomic E-state index is -0.933. The van der Waals surface area contributed by atoms with Gasteiger partial charge in [0.2, 0.25) is 0 Å². The summed E-state index contributed by atoms with van der Waals surface area (Å²) in [6, 6.07) is 22.5. The Balaban J connectivity index is 1.56. The molecule has 0 bridgehead atoms. The van der Waals surface area contributed by atoms with Gasteiger partial charge in [0.15, 0.2) is 0 Å². The van der Waals surface area contributed by atoms with Gasteiger partial charge in [-0.25, -0.2) is 0 Å². The highest BCUT2D eigenvalue weighted by Crippen LogP contribution is 2.46. The summed E-state index contributed by atoms with van der Waals surface area (Å²) in [5.41, 5.74) is 8.07. The molecule has 200 valence electrons. The van der Waals surface area contributed by atoms with Crippen LogP contribution in [0.4, 0.5) is 0 Å². The van der Waals surface area contributed by atoms with Gasteiger partial charge in [-0.05, 0) is 101 Å². The van der Waals surface area contributed by atoms with Gasteiger partial charge in [-0.15, -0.1) is 0 Å². The predicted molar refractivity (Wildman–Crippen MR) is 166 cm³/mol. The number of rotatable bonds is 5. The van der Waals surface area contributed by atoms with E-state index in [-0.39, 0.29) is 5.41 Å². The van der Waals surface area contributed by atoms with Gasteiger partial charge >= 0.3 is 0 Å². The summed E-state index contributed by atoms with van der Waals surface area (Å²) < 4.78 is 34.3. The van der Waals surface area contributed by atoms with Crippen molar-refractivity contribution in [1.82, 2.24) is 4.98 Å². The van der Waals surface area contributed by atoms with Crippen molar-refractivity contribution in [1.29, 1.82) is 0 Å². The normalized spacial score (nSPS) is 18.6. The van der Waals surface area contributed by atoms with Crippen LogP contribution in [0, 0.1) is 5.41 Å². The first-order valence-electron chi connectivity index (χ1n) is 15.7.